The normalized spacial score (nSPS) is 15.8. The third kappa shape index (κ3) is 10.1. The molecule has 6 nitrogen and oxygen atoms in total. The Bertz CT molecular complexity index is 551. The minimum atomic E-state index is -0.993. The molecule has 0 aliphatic carbocycles. The maximum Gasteiger partial charge on any atom is 0.291 e. The molecule has 0 saturated carbocycles. The number of rotatable bonds is 9. The van der Waals surface area contributed by atoms with Crippen molar-refractivity contribution < 1.29 is 19.9 Å². The first-order valence-corrected chi connectivity index (χ1v) is 9.10. The second-order valence-corrected chi connectivity index (χ2v) is 7.35. The highest BCUT2D eigenvalue weighted by atomic mass is 32.2. The van der Waals surface area contributed by atoms with Crippen LogP contribution in [0, 0.1) is 11.8 Å². The van der Waals surface area contributed by atoms with Gasteiger partial charge in [0.1, 0.15) is 11.9 Å². The first-order chi connectivity index (χ1) is 11.6. The molecule has 142 valence electrons. The van der Waals surface area contributed by atoms with Crippen LogP contribution < -0.4 is 10.8 Å². The molecule has 0 aromatic carbocycles. The SMILES string of the molecule is CC(=CC=C(C)C(C)C(=O)S/C=C(\NC(C)O)C(=O)NO)CC(C)C. The number of aliphatic hydroxyl groups excluding tert-OH is 1. The van der Waals surface area contributed by atoms with E-state index in [4.69, 9.17) is 5.21 Å². The van der Waals surface area contributed by atoms with Gasteiger partial charge in [0, 0.05) is 11.3 Å². The van der Waals surface area contributed by atoms with Crippen LogP contribution in [0.3, 0.4) is 0 Å². The van der Waals surface area contributed by atoms with E-state index in [2.05, 4.69) is 26.1 Å². The Kier molecular flexibility index (Phi) is 11.1. The summed E-state index contributed by atoms with van der Waals surface area (Å²) in [4.78, 5) is 23.8. The van der Waals surface area contributed by atoms with Crippen LogP contribution in [-0.4, -0.2) is 27.6 Å². The van der Waals surface area contributed by atoms with Crippen LogP contribution in [0.15, 0.2) is 34.4 Å². The van der Waals surface area contributed by atoms with Crippen molar-refractivity contribution in [2.24, 2.45) is 11.8 Å². The van der Waals surface area contributed by atoms with E-state index in [1.165, 1.54) is 23.4 Å². The molecule has 0 aromatic rings. The average molecular weight is 371 g/mol. The second kappa shape index (κ2) is 11.9. The standard InChI is InChI=1S/C18H30N2O4S/c1-11(2)9-12(3)7-8-13(4)14(5)18(23)25-10-16(17(22)20-24)19-15(6)21/h7-8,10-11,14-15,19,21,24H,9H2,1-6H3,(H,20,22)/b12-7?,13-8?,16-10-. The van der Waals surface area contributed by atoms with Crippen molar-refractivity contribution in [1.29, 1.82) is 0 Å². The zero-order valence-corrected chi connectivity index (χ0v) is 16.6. The van der Waals surface area contributed by atoms with Crippen LogP contribution >= 0.6 is 11.8 Å². The molecule has 0 aliphatic rings. The monoisotopic (exact) mass is 370 g/mol. The fourth-order valence-corrected chi connectivity index (χ4v) is 2.77. The van der Waals surface area contributed by atoms with E-state index < -0.39 is 12.1 Å². The summed E-state index contributed by atoms with van der Waals surface area (Å²) in [6, 6.07) is 0. The fraction of sp³-hybridized carbons (Fsp3) is 0.556. The van der Waals surface area contributed by atoms with Gasteiger partial charge in [-0.15, -0.1) is 0 Å². The van der Waals surface area contributed by atoms with Crippen LogP contribution in [0.5, 0.6) is 0 Å². The zero-order valence-electron chi connectivity index (χ0n) is 15.8. The highest BCUT2D eigenvalue weighted by molar-refractivity contribution is 8.16. The van der Waals surface area contributed by atoms with Crippen LogP contribution in [0.4, 0.5) is 0 Å². The highest BCUT2D eigenvalue weighted by Crippen LogP contribution is 2.21. The lowest BCUT2D eigenvalue weighted by atomic mass is 10.0. The Morgan fingerprint density at radius 3 is 2.20 bits per heavy atom. The molecule has 0 spiro atoms. The molecule has 0 heterocycles. The molecule has 2 unspecified atom stereocenters. The number of aliphatic hydroxyl groups is 1. The lowest BCUT2D eigenvalue weighted by molar-refractivity contribution is -0.126. The number of allylic oxidation sites excluding steroid dienone is 4. The summed E-state index contributed by atoms with van der Waals surface area (Å²) in [5.74, 6) is -0.565. The lowest BCUT2D eigenvalue weighted by Crippen LogP contribution is -2.34. The van der Waals surface area contributed by atoms with Gasteiger partial charge < -0.3 is 10.4 Å². The smallest absolute Gasteiger partial charge is 0.291 e. The molecule has 4 N–H and O–H groups in total. The van der Waals surface area contributed by atoms with E-state index in [9.17, 15) is 14.7 Å². The molecule has 0 radical (unpaired) electrons. The summed E-state index contributed by atoms with van der Waals surface area (Å²) in [7, 11) is 0. The van der Waals surface area contributed by atoms with Gasteiger partial charge in [0.05, 0.1) is 0 Å². The third-order valence-electron chi connectivity index (χ3n) is 3.40. The number of hydrogen-bond acceptors (Lipinski definition) is 6. The fourth-order valence-electron chi connectivity index (χ4n) is 1.97. The first kappa shape index (κ1) is 23.4. The van der Waals surface area contributed by atoms with Gasteiger partial charge in [0.25, 0.3) is 5.91 Å². The number of carbonyl (C=O) groups excluding carboxylic acids is 2. The number of thioether (sulfide) groups is 1. The predicted octanol–water partition coefficient (Wildman–Crippen LogP) is 3.10. The second-order valence-electron chi connectivity index (χ2n) is 6.47. The van der Waals surface area contributed by atoms with E-state index in [-0.39, 0.29) is 16.7 Å². The molecule has 0 bridgehead atoms. The van der Waals surface area contributed by atoms with E-state index in [0.29, 0.717) is 5.92 Å². The van der Waals surface area contributed by atoms with Gasteiger partial charge in [0.2, 0.25) is 0 Å². The summed E-state index contributed by atoms with van der Waals surface area (Å²) in [6.45, 7) is 11.5. The van der Waals surface area contributed by atoms with Gasteiger partial charge >= 0.3 is 0 Å². The van der Waals surface area contributed by atoms with Crippen molar-refractivity contribution in [3.8, 4) is 0 Å². The lowest BCUT2D eigenvalue weighted by Gasteiger charge is -2.12. The van der Waals surface area contributed by atoms with Crippen LogP contribution in [-0.2, 0) is 9.59 Å². The Morgan fingerprint density at radius 2 is 1.72 bits per heavy atom. The number of hydrogen-bond donors (Lipinski definition) is 4. The van der Waals surface area contributed by atoms with Crippen molar-refractivity contribution >= 4 is 22.8 Å². The van der Waals surface area contributed by atoms with E-state index in [1.54, 1.807) is 6.92 Å². The van der Waals surface area contributed by atoms with Crippen molar-refractivity contribution in [3.63, 3.8) is 0 Å². The minimum Gasteiger partial charge on any atom is -0.374 e. The van der Waals surface area contributed by atoms with E-state index in [1.807, 2.05) is 19.1 Å². The molecule has 7 heteroatoms. The molecular weight excluding hydrogens is 340 g/mol. The quantitative estimate of drug-likeness (QED) is 0.164. The van der Waals surface area contributed by atoms with Gasteiger partial charge in [-0.05, 0) is 33.1 Å². The van der Waals surface area contributed by atoms with E-state index >= 15 is 0 Å². The Balaban J connectivity index is 4.97. The Labute approximate surface area is 154 Å². The molecule has 0 aromatic heterocycles. The molecule has 2 atom stereocenters. The maximum absolute atomic E-state index is 12.3. The van der Waals surface area contributed by atoms with Gasteiger partial charge in [-0.25, -0.2) is 5.48 Å². The zero-order chi connectivity index (χ0) is 19.6. The largest absolute Gasteiger partial charge is 0.374 e. The van der Waals surface area contributed by atoms with Crippen molar-refractivity contribution in [3.05, 3.63) is 34.4 Å². The van der Waals surface area contributed by atoms with Gasteiger partial charge in [-0.2, -0.15) is 0 Å². The maximum atomic E-state index is 12.3. The van der Waals surface area contributed by atoms with Gasteiger partial charge in [-0.1, -0.05) is 55.8 Å². The van der Waals surface area contributed by atoms with Crippen LogP contribution in [0.1, 0.15) is 48.0 Å². The Morgan fingerprint density at radius 1 is 1.12 bits per heavy atom. The summed E-state index contributed by atoms with van der Waals surface area (Å²) in [6.07, 6.45) is 3.99. The van der Waals surface area contributed by atoms with Crippen molar-refractivity contribution in [2.45, 2.75) is 54.2 Å². The number of nitrogens with one attached hydrogen (secondary N) is 2. The molecule has 1 amide bonds. The van der Waals surface area contributed by atoms with Gasteiger partial charge in [0.15, 0.2) is 5.12 Å². The molecular formula is C18H30N2O4S. The summed E-state index contributed by atoms with van der Waals surface area (Å²) >= 11 is 0.844. The van der Waals surface area contributed by atoms with Crippen LogP contribution in [0.25, 0.3) is 0 Å². The highest BCUT2D eigenvalue weighted by Gasteiger charge is 2.16. The average Bonchev–Trinajstić information content (AvgIpc) is 2.53. The molecule has 0 fully saturated rings. The summed E-state index contributed by atoms with van der Waals surface area (Å²) in [5, 5.41) is 21.6. The molecule has 0 saturated heterocycles. The Hall–Kier alpha value is -1.57. The first-order valence-electron chi connectivity index (χ1n) is 8.22. The molecule has 0 rings (SSSR count). The number of amides is 1. The molecule has 0 aliphatic heterocycles. The predicted molar refractivity (Wildman–Crippen MR) is 102 cm³/mol. The number of carbonyl (C=O) groups is 2. The van der Waals surface area contributed by atoms with Crippen molar-refractivity contribution in [2.75, 3.05) is 0 Å². The third-order valence-corrected chi connectivity index (χ3v) is 4.34. The summed E-state index contributed by atoms with van der Waals surface area (Å²) in [5.41, 5.74) is 3.56. The van der Waals surface area contributed by atoms with Gasteiger partial charge in [-0.3, -0.25) is 14.8 Å². The van der Waals surface area contributed by atoms with Crippen molar-refractivity contribution in [1.82, 2.24) is 10.8 Å². The number of hydroxylamine groups is 1. The molecule has 25 heavy (non-hydrogen) atoms. The summed E-state index contributed by atoms with van der Waals surface area (Å²) < 4.78 is 0. The minimum absolute atomic E-state index is 0.0858. The topological polar surface area (TPSA) is 98.7 Å². The van der Waals surface area contributed by atoms with Crippen LogP contribution in [0.2, 0.25) is 0 Å². The van der Waals surface area contributed by atoms with E-state index in [0.717, 1.165) is 23.8 Å².